The summed E-state index contributed by atoms with van der Waals surface area (Å²) in [4.78, 5) is 24.2. The zero-order chi connectivity index (χ0) is 18.6. The number of rotatable bonds is 4. The molecule has 1 aromatic carbocycles. The molecule has 1 amide bonds. The number of alkyl halides is 3. The molecule has 138 valence electrons. The number of carbonyl (C=O) groups excluding carboxylic acids is 2. The van der Waals surface area contributed by atoms with Crippen molar-refractivity contribution >= 4 is 17.6 Å². The number of nitrogens with one attached hydrogen (secondary N) is 1. The number of hydrogen-bond donors (Lipinski definition) is 2. The normalized spacial score (nSPS) is 17.0. The van der Waals surface area contributed by atoms with Crippen molar-refractivity contribution in [2.75, 3.05) is 5.73 Å². The van der Waals surface area contributed by atoms with Gasteiger partial charge in [-0.2, -0.15) is 13.2 Å². The molecule has 2 rings (SSSR count). The molecule has 1 aliphatic rings. The maximum Gasteiger partial charge on any atom is 0.416 e. The van der Waals surface area contributed by atoms with E-state index in [1.165, 1.54) is 6.92 Å². The molecule has 0 radical (unpaired) electrons. The first kappa shape index (κ1) is 19.1. The zero-order valence-electron chi connectivity index (χ0n) is 13.9. The highest BCUT2D eigenvalue weighted by Crippen LogP contribution is 2.31. The third-order valence-corrected chi connectivity index (χ3v) is 4.16. The van der Waals surface area contributed by atoms with E-state index < -0.39 is 29.7 Å². The van der Waals surface area contributed by atoms with Gasteiger partial charge in [-0.25, -0.2) is 4.79 Å². The Labute approximate surface area is 143 Å². The Morgan fingerprint density at radius 1 is 1.24 bits per heavy atom. The molecule has 1 atom stereocenters. The molecule has 0 aliphatic heterocycles. The van der Waals surface area contributed by atoms with Crippen molar-refractivity contribution in [1.82, 2.24) is 5.32 Å². The highest BCUT2D eigenvalue weighted by atomic mass is 19.4. The van der Waals surface area contributed by atoms with Crippen LogP contribution >= 0.6 is 0 Å². The quantitative estimate of drug-likeness (QED) is 0.639. The molecule has 8 heteroatoms. The van der Waals surface area contributed by atoms with Crippen LogP contribution in [0, 0.1) is 0 Å². The first-order valence-electron chi connectivity index (χ1n) is 8.16. The lowest BCUT2D eigenvalue weighted by atomic mass is 9.98. The number of carbonyl (C=O) groups is 2. The van der Waals surface area contributed by atoms with Crippen LogP contribution in [0.25, 0.3) is 0 Å². The van der Waals surface area contributed by atoms with Crippen LogP contribution in [0.5, 0.6) is 0 Å². The Morgan fingerprint density at radius 2 is 1.88 bits per heavy atom. The number of nitrogens with two attached hydrogens (primary N) is 1. The Kier molecular flexibility index (Phi) is 5.92. The van der Waals surface area contributed by atoms with E-state index >= 15 is 0 Å². The van der Waals surface area contributed by atoms with Gasteiger partial charge in [-0.1, -0.05) is 6.42 Å². The first-order valence-corrected chi connectivity index (χ1v) is 8.16. The van der Waals surface area contributed by atoms with Crippen molar-refractivity contribution in [3.05, 3.63) is 29.3 Å². The smallest absolute Gasteiger partial charge is 0.416 e. The van der Waals surface area contributed by atoms with Gasteiger partial charge < -0.3 is 15.8 Å². The number of benzene rings is 1. The minimum absolute atomic E-state index is 0.120. The van der Waals surface area contributed by atoms with Crippen LogP contribution in [0.1, 0.15) is 54.9 Å². The molecule has 1 fully saturated rings. The van der Waals surface area contributed by atoms with Gasteiger partial charge in [0.05, 0.1) is 11.1 Å². The molecule has 0 unspecified atom stereocenters. The van der Waals surface area contributed by atoms with Gasteiger partial charge in [0.2, 0.25) is 0 Å². The summed E-state index contributed by atoms with van der Waals surface area (Å²) in [5, 5.41) is 2.41. The summed E-state index contributed by atoms with van der Waals surface area (Å²) >= 11 is 0. The van der Waals surface area contributed by atoms with Crippen LogP contribution in [0.3, 0.4) is 0 Å². The lowest BCUT2D eigenvalue weighted by Gasteiger charge is -2.24. The van der Waals surface area contributed by atoms with Crippen molar-refractivity contribution in [1.29, 1.82) is 0 Å². The summed E-state index contributed by atoms with van der Waals surface area (Å²) < 4.78 is 43.2. The van der Waals surface area contributed by atoms with Crippen molar-refractivity contribution in [3.63, 3.8) is 0 Å². The Balaban J connectivity index is 1.97. The Hall–Kier alpha value is -2.25. The number of esters is 1. The molecule has 3 N–H and O–H groups in total. The fourth-order valence-corrected chi connectivity index (χ4v) is 2.73. The van der Waals surface area contributed by atoms with Gasteiger partial charge in [0.15, 0.2) is 0 Å². The summed E-state index contributed by atoms with van der Waals surface area (Å²) in [5.41, 5.74) is 4.18. The highest BCUT2D eigenvalue weighted by Gasteiger charge is 2.31. The van der Waals surface area contributed by atoms with Gasteiger partial charge in [-0.3, -0.25) is 4.79 Å². The minimum Gasteiger partial charge on any atom is -0.461 e. The molecule has 0 spiro atoms. The van der Waals surface area contributed by atoms with Crippen LogP contribution in [-0.2, 0) is 15.7 Å². The zero-order valence-corrected chi connectivity index (χ0v) is 13.9. The fraction of sp³-hybridized carbons (Fsp3) is 0.529. The maximum atomic E-state index is 12.6. The van der Waals surface area contributed by atoms with Crippen molar-refractivity contribution in [2.24, 2.45) is 0 Å². The second-order valence-electron chi connectivity index (χ2n) is 6.19. The topological polar surface area (TPSA) is 81.4 Å². The van der Waals surface area contributed by atoms with Crippen LogP contribution in [-0.4, -0.2) is 24.0 Å². The van der Waals surface area contributed by atoms with Crippen molar-refractivity contribution in [2.45, 2.75) is 57.3 Å². The van der Waals surface area contributed by atoms with Gasteiger partial charge >= 0.3 is 12.1 Å². The van der Waals surface area contributed by atoms with Gasteiger partial charge in [-0.15, -0.1) is 0 Å². The molecule has 1 saturated carbocycles. The summed E-state index contributed by atoms with van der Waals surface area (Å²) in [6, 6.07) is 1.54. The average Bonchev–Trinajstić information content (AvgIpc) is 2.54. The Morgan fingerprint density at radius 3 is 2.44 bits per heavy atom. The molecule has 0 saturated heterocycles. The van der Waals surface area contributed by atoms with Crippen molar-refractivity contribution < 1.29 is 27.5 Å². The molecular formula is C17H21F3N2O3. The third-order valence-electron chi connectivity index (χ3n) is 4.16. The molecular weight excluding hydrogens is 337 g/mol. The molecule has 0 aromatic heterocycles. The van der Waals surface area contributed by atoms with Crippen molar-refractivity contribution in [3.8, 4) is 0 Å². The number of ether oxygens (including phenoxy) is 1. The molecule has 1 aromatic rings. The first-order chi connectivity index (χ1) is 11.7. The Bertz CT molecular complexity index is 641. The highest BCUT2D eigenvalue weighted by molar-refractivity contribution is 6.01. The van der Waals surface area contributed by atoms with E-state index in [4.69, 9.17) is 10.5 Å². The second kappa shape index (κ2) is 7.76. The van der Waals surface area contributed by atoms with E-state index in [9.17, 15) is 22.8 Å². The predicted octanol–water partition coefficient (Wildman–Crippen LogP) is 3.28. The lowest BCUT2D eigenvalue weighted by Crippen LogP contribution is -2.41. The molecule has 5 nitrogen and oxygen atoms in total. The van der Waals surface area contributed by atoms with Gasteiger partial charge in [0, 0.05) is 5.69 Å². The van der Waals surface area contributed by atoms with Crippen LogP contribution in [0.15, 0.2) is 18.2 Å². The SMILES string of the molecule is C[C@H](NC(=O)c1ccc(C(F)(F)F)cc1N)C(=O)OC1CCCCC1. The standard InChI is InChI=1S/C17H21F3N2O3/c1-10(16(24)25-12-5-3-2-4-6-12)22-15(23)13-8-7-11(9-14(13)21)17(18,19)20/h7-10,12H,2-6,21H2,1H3,(H,22,23)/t10-/m0/s1. The summed E-state index contributed by atoms with van der Waals surface area (Å²) in [6.45, 7) is 1.46. The molecule has 1 aliphatic carbocycles. The van der Waals surface area contributed by atoms with Crippen LogP contribution in [0.2, 0.25) is 0 Å². The number of anilines is 1. The van der Waals surface area contributed by atoms with E-state index in [2.05, 4.69) is 5.32 Å². The van der Waals surface area contributed by atoms with E-state index in [-0.39, 0.29) is 17.4 Å². The molecule has 0 bridgehead atoms. The fourth-order valence-electron chi connectivity index (χ4n) is 2.73. The summed E-state index contributed by atoms with van der Waals surface area (Å²) in [6.07, 6.45) is 0.0444. The summed E-state index contributed by atoms with van der Waals surface area (Å²) in [7, 11) is 0. The predicted molar refractivity (Wildman–Crippen MR) is 85.7 cm³/mol. The number of halogens is 3. The number of amides is 1. The third kappa shape index (κ3) is 5.11. The molecule has 0 heterocycles. The summed E-state index contributed by atoms with van der Waals surface area (Å²) in [5.74, 6) is -1.29. The largest absolute Gasteiger partial charge is 0.461 e. The average molecular weight is 358 g/mol. The minimum atomic E-state index is -4.54. The number of nitrogen functional groups attached to an aromatic ring is 1. The lowest BCUT2D eigenvalue weighted by molar-refractivity contribution is -0.152. The van der Waals surface area contributed by atoms with E-state index in [0.29, 0.717) is 6.07 Å². The van der Waals surface area contributed by atoms with Crippen LogP contribution < -0.4 is 11.1 Å². The van der Waals surface area contributed by atoms with E-state index in [1.807, 2.05) is 0 Å². The van der Waals surface area contributed by atoms with Gasteiger partial charge in [-0.05, 0) is 50.8 Å². The van der Waals surface area contributed by atoms with Gasteiger partial charge in [0.25, 0.3) is 5.91 Å². The van der Waals surface area contributed by atoms with E-state index in [0.717, 1.165) is 44.2 Å². The number of hydrogen-bond acceptors (Lipinski definition) is 4. The second-order valence-corrected chi connectivity index (χ2v) is 6.19. The van der Waals surface area contributed by atoms with Gasteiger partial charge in [0.1, 0.15) is 12.1 Å². The molecule has 25 heavy (non-hydrogen) atoms. The maximum absolute atomic E-state index is 12.6. The van der Waals surface area contributed by atoms with E-state index in [1.54, 1.807) is 0 Å². The van der Waals surface area contributed by atoms with Crippen LogP contribution in [0.4, 0.5) is 18.9 Å². The monoisotopic (exact) mass is 358 g/mol.